The lowest BCUT2D eigenvalue weighted by atomic mass is 10.1. The maximum absolute atomic E-state index is 12.1. The molecule has 0 aromatic carbocycles. The van der Waals surface area contributed by atoms with Crippen LogP contribution in [-0.2, 0) is 29.0 Å². The van der Waals surface area contributed by atoms with E-state index in [-0.39, 0.29) is 25.2 Å². The quantitative estimate of drug-likeness (QED) is 0.324. The molecule has 1 aliphatic carbocycles. The molecule has 0 aliphatic heterocycles. The number of esters is 1. The Morgan fingerprint density at radius 1 is 1.10 bits per heavy atom. The third kappa shape index (κ3) is 4.60. The van der Waals surface area contributed by atoms with Crippen molar-refractivity contribution < 1.29 is 14.3 Å². The van der Waals surface area contributed by atoms with E-state index in [0.29, 0.717) is 20.9 Å². The molecule has 9 heteroatoms. The van der Waals surface area contributed by atoms with Gasteiger partial charge in [-0.3, -0.25) is 9.59 Å². The maximum Gasteiger partial charge on any atom is 0.306 e. The van der Waals surface area contributed by atoms with Crippen LogP contribution >= 0.6 is 34.3 Å². The van der Waals surface area contributed by atoms with Gasteiger partial charge in [0.15, 0.2) is 18.2 Å². The smallest absolute Gasteiger partial charge is 0.306 e. The van der Waals surface area contributed by atoms with Crippen LogP contribution in [0, 0.1) is 0 Å². The molecule has 0 saturated heterocycles. The molecule has 2 N–H and O–H groups in total. The maximum atomic E-state index is 12.1. The van der Waals surface area contributed by atoms with Crippen molar-refractivity contribution in [3.8, 4) is 0 Å². The second-order valence-electron chi connectivity index (χ2n) is 6.96. The van der Waals surface area contributed by atoms with Gasteiger partial charge in [-0.25, -0.2) is 9.97 Å². The molecular weight excluding hydrogens is 430 g/mol. The first-order chi connectivity index (χ1) is 14.0. The number of fused-ring (bicyclic) bond motifs is 3. The molecule has 0 spiro atoms. The van der Waals surface area contributed by atoms with E-state index in [2.05, 4.69) is 9.97 Å². The van der Waals surface area contributed by atoms with E-state index in [1.165, 1.54) is 34.6 Å². The highest BCUT2D eigenvalue weighted by Gasteiger charge is 2.20. The average Bonchev–Trinajstić information content (AvgIpc) is 3.21. The number of nitrogens with two attached hydrogens (primary N) is 1. The molecule has 0 unspecified atom stereocenters. The molecule has 1 aliphatic rings. The van der Waals surface area contributed by atoms with E-state index >= 15 is 0 Å². The van der Waals surface area contributed by atoms with Crippen LogP contribution in [0.2, 0.25) is 4.34 Å². The molecule has 3 aromatic rings. The first-order valence-electron chi connectivity index (χ1n) is 9.52. The lowest BCUT2D eigenvalue weighted by Gasteiger charge is -2.06. The summed E-state index contributed by atoms with van der Waals surface area (Å²) in [5.41, 5.74) is 7.50. The molecular formula is C20H20ClN3O3S2. The van der Waals surface area contributed by atoms with Gasteiger partial charge in [0, 0.05) is 11.3 Å². The number of aromatic nitrogens is 2. The van der Waals surface area contributed by atoms with E-state index in [9.17, 15) is 9.59 Å². The monoisotopic (exact) mass is 449 g/mol. The third-order valence-electron chi connectivity index (χ3n) is 4.91. The highest BCUT2D eigenvalue weighted by Crippen LogP contribution is 2.37. The van der Waals surface area contributed by atoms with Crippen LogP contribution < -0.4 is 5.73 Å². The third-order valence-corrected chi connectivity index (χ3v) is 7.36. The molecule has 0 bridgehead atoms. The number of nitrogen functional groups attached to an aromatic ring is 1. The fraction of sp³-hybridized carbons (Fsp3) is 0.400. The second kappa shape index (κ2) is 8.77. The molecule has 0 fully saturated rings. The minimum Gasteiger partial charge on any atom is -0.457 e. The van der Waals surface area contributed by atoms with Crippen molar-refractivity contribution in [2.24, 2.45) is 0 Å². The zero-order chi connectivity index (χ0) is 20.4. The van der Waals surface area contributed by atoms with Crippen molar-refractivity contribution in [1.29, 1.82) is 0 Å². The van der Waals surface area contributed by atoms with Gasteiger partial charge in [0.1, 0.15) is 10.6 Å². The van der Waals surface area contributed by atoms with Crippen LogP contribution in [0.4, 0.5) is 5.82 Å². The van der Waals surface area contributed by atoms with Crippen molar-refractivity contribution >= 4 is 62.1 Å². The van der Waals surface area contributed by atoms with Crippen molar-refractivity contribution in [2.45, 2.75) is 51.6 Å². The van der Waals surface area contributed by atoms with Crippen LogP contribution in [0.1, 0.15) is 58.0 Å². The van der Waals surface area contributed by atoms with E-state index < -0.39 is 5.97 Å². The predicted molar refractivity (Wildman–Crippen MR) is 116 cm³/mol. The summed E-state index contributed by atoms with van der Waals surface area (Å²) >= 11 is 8.70. The van der Waals surface area contributed by atoms with Gasteiger partial charge in [-0.05, 0) is 43.4 Å². The largest absolute Gasteiger partial charge is 0.457 e. The van der Waals surface area contributed by atoms with Crippen molar-refractivity contribution in [2.75, 3.05) is 5.73 Å². The summed E-state index contributed by atoms with van der Waals surface area (Å²) in [6, 6.07) is 3.33. The molecule has 3 heterocycles. The van der Waals surface area contributed by atoms with E-state index in [0.717, 1.165) is 29.5 Å². The van der Waals surface area contributed by atoms with Gasteiger partial charge >= 0.3 is 5.97 Å². The molecule has 3 aromatic heterocycles. The lowest BCUT2D eigenvalue weighted by Crippen LogP contribution is -2.10. The number of halogens is 1. The lowest BCUT2D eigenvalue weighted by molar-refractivity contribution is -0.145. The molecule has 0 radical (unpaired) electrons. The molecule has 6 nitrogen and oxygen atoms in total. The van der Waals surface area contributed by atoms with E-state index in [1.807, 2.05) is 0 Å². The Morgan fingerprint density at radius 3 is 2.72 bits per heavy atom. The van der Waals surface area contributed by atoms with Crippen LogP contribution in [0.5, 0.6) is 0 Å². The van der Waals surface area contributed by atoms with Crippen LogP contribution in [0.25, 0.3) is 10.2 Å². The minimum absolute atomic E-state index is 0.000618. The first kappa shape index (κ1) is 20.3. The Kier molecular flexibility index (Phi) is 6.12. The van der Waals surface area contributed by atoms with Gasteiger partial charge in [-0.2, -0.15) is 0 Å². The standard InChI is InChI=1S/C20H20ClN3O3S2/c21-15-8-7-14(28-15)12(25)6-9-17(26)27-10-16-23-19(22)18-11-4-2-1-3-5-13(11)29-20(18)24-16/h7-8H,1-6,9-10H2,(H2,22,23,24). The number of ketones is 1. The number of thiophene rings is 2. The minimum atomic E-state index is -0.467. The number of carbonyl (C=O) groups is 2. The van der Waals surface area contributed by atoms with Gasteiger partial charge in [-0.1, -0.05) is 18.0 Å². The molecule has 0 saturated carbocycles. The van der Waals surface area contributed by atoms with E-state index in [4.69, 9.17) is 22.1 Å². The zero-order valence-corrected chi connectivity index (χ0v) is 18.1. The Morgan fingerprint density at radius 2 is 1.93 bits per heavy atom. The number of anilines is 1. The molecule has 4 rings (SSSR count). The SMILES string of the molecule is Nc1nc(COC(=O)CCC(=O)c2ccc(Cl)s2)nc2sc3c(c12)CCCCC3. The zero-order valence-electron chi connectivity index (χ0n) is 15.7. The Labute approximate surface area is 181 Å². The van der Waals surface area contributed by atoms with Crippen molar-refractivity contribution in [1.82, 2.24) is 9.97 Å². The second-order valence-corrected chi connectivity index (χ2v) is 9.76. The summed E-state index contributed by atoms with van der Waals surface area (Å²) in [6.07, 6.45) is 5.74. The topological polar surface area (TPSA) is 95.2 Å². The fourth-order valence-electron chi connectivity index (χ4n) is 3.49. The molecule has 0 amide bonds. The number of carbonyl (C=O) groups excluding carboxylic acids is 2. The summed E-state index contributed by atoms with van der Waals surface area (Å²) in [6.45, 7) is -0.0550. The number of hydrogen-bond donors (Lipinski definition) is 1. The molecule has 0 atom stereocenters. The molecule has 29 heavy (non-hydrogen) atoms. The van der Waals surface area contributed by atoms with Crippen molar-refractivity contribution in [3.05, 3.63) is 37.6 Å². The number of nitrogens with zero attached hydrogens (tertiary/aromatic N) is 2. The first-order valence-corrected chi connectivity index (χ1v) is 11.5. The Bertz CT molecular complexity index is 1080. The fourth-order valence-corrected chi connectivity index (χ4v) is 5.79. The highest BCUT2D eigenvalue weighted by molar-refractivity contribution is 7.19. The Balaban J connectivity index is 1.38. The number of rotatable bonds is 6. The summed E-state index contributed by atoms with van der Waals surface area (Å²) in [5.74, 6) is 0.243. The van der Waals surface area contributed by atoms with Gasteiger partial charge in [0.25, 0.3) is 0 Å². The number of ether oxygens (including phenoxy) is 1. The summed E-state index contributed by atoms with van der Waals surface area (Å²) in [7, 11) is 0. The summed E-state index contributed by atoms with van der Waals surface area (Å²) < 4.78 is 5.80. The van der Waals surface area contributed by atoms with Gasteiger partial charge in [0.2, 0.25) is 0 Å². The van der Waals surface area contributed by atoms with Gasteiger partial charge < -0.3 is 10.5 Å². The number of hydrogen-bond acceptors (Lipinski definition) is 8. The van der Waals surface area contributed by atoms with Crippen LogP contribution in [0.15, 0.2) is 12.1 Å². The number of aryl methyl sites for hydroxylation is 2. The highest BCUT2D eigenvalue weighted by atomic mass is 35.5. The summed E-state index contributed by atoms with van der Waals surface area (Å²) in [4.78, 5) is 35.7. The summed E-state index contributed by atoms with van der Waals surface area (Å²) in [5, 5.41) is 0.960. The van der Waals surface area contributed by atoms with Gasteiger partial charge in [0.05, 0.1) is 21.0 Å². The number of Topliss-reactive ketones (excluding diaryl/α,β-unsaturated/α-hetero) is 1. The van der Waals surface area contributed by atoms with Crippen LogP contribution in [-0.4, -0.2) is 21.7 Å². The van der Waals surface area contributed by atoms with E-state index in [1.54, 1.807) is 23.5 Å². The van der Waals surface area contributed by atoms with Crippen molar-refractivity contribution in [3.63, 3.8) is 0 Å². The Hall–Kier alpha value is -2.03. The average molecular weight is 450 g/mol. The van der Waals surface area contributed by atoms with Gasteiger partial charge in [-0.15, -0.1) is 22.7 Å². The predicted octanol–water partition coefficient (Wildman–Crippen LogP) is 4.96. The van der Waals surface area contributed by atoms with Crippen LogP contribution in [0.3, 0.4) is 0 Å². The molecule has 152 valence electrons. The normalized spacial score (nSPS) is 13.8.